The van der Waals surface area contributed by atoms with E-state index in [1.54, 1.807) is 0 Å². The molecule has 5 heteroatoms. The van der Waals surface area contributed by atoms with Crippen molar-refractivity contribution in [1.82, 2.24) is 19.9 Å². The molecule has 3 rings (SSSR count). The maximum atomic E-state index is 4.22. The molecule has 2 aromatic rings. The van der Waals surface area contributed by atoms with Crippen LogP contribution < -0.4 is 5.32 Å². The van der Waals surface area contributed by atoms with E-state index in [1.807, 2.05) is 18.2 Å². The number of hydrogen-bond acceptors (Lipinski definition) is 3. The van der Waals surface area contributed by atoms with E-state index in [0.717, 1.165) is 29.2 Å². The molecule has 0 saturated carbocycles. The van der Waals surface area contributed by atoms with Crippen LogP contribution in [0.25, 0.3) is 5.65 Å². The van der Waals surface area contributed by atoms with E-state index in [4.69, 9.17) is 0 Å². The smallest absolute Gasteiger partial charge is 0.161 e. The molecular weight excluding hydrogens is 244 g/mol. The van der Waals surface area contributed by atoms with Gasteiger partial charge < -0.3 is 5.32 Å². The summed E-state index contributed by atoms with van der Waals surface area (Å²) in [6, 6.07) is 5.94. The highest BCUT2D eigenvalue weighted by molar-refractivity contribution is 9.10. The third-order valence-electron chi connectivity index (χ3n) is 2.55. The SMILES string of the molecule is Brc1cccc2nnc(C3CNC3)n12. The molecule has 3 heterocycles. The van der Waals surface area contributed by atoms with Crippen molar-refractivity contribution in [2.45, 2.75) is 5.92 Å². The van der Waals surface area contributed by atoms with Gasteiger partial charge in [-0.2, -0.15) is 0 Å². The van der Waals surface area contributed by atoms with Crippen LogP contribution in [0, 0.1) is 0 Å². The maximum Gasteiger partial charge on any atom is 0.161 e. The third kappa shape index (κ3) is 1.09. The predicted molar refractivity (Wildman–Crippen MR) is 56.3 cm³/mol. The van der Waals surface area contributed by atoms with Gasteiger partial charge in [0.15, 0.2) is 5.65 Å². The van der Waals surface area contributed by atoms with E-state index in [0.29, 0.717) is 5.92 Å². The van der Waals surface area contributed by atoms with Gasteiger partial charge in [-0.1, -0.05) is 6.07 Å². The van der Waals surface area contributed by atoms with Gasteiger partial charge in [0.2, 0.25) is 0 Å². The van der Waals surface area contributed by atoms with Crippen LogP contribution in [0.4, 0.5) is 0 Å². The topological polar surface area (TPSA) is 42.2 Å². The Hall–Kier alpha value is -0.940. The zero-order chi connectivity index (χ0) is 9.54. The molecule has 1 fully saturated rings. The van der Waals surface area contributed by atoms with Crippen LogP contribution in [0.5, 0.6) is 0 Å². The highest BCUT2D eigenvalue weighted by Crippen LogP contribution is 2.22. The molecule has 2 aromatic heterocycles. The Morgan fingerprint density at radius 1 is 1.36 bits per heavy atom. The van der Waals surface area contributed by atoms with Crippen molar-refractivity contribution in [2.75, 3.05) is 13.1 Å². The highest BCUT2D eigenvalue weighted by Gasteiger charge is 2.24. The summed E-state index contributed by atoms with van der Waals surface area (Å²) in [5.74, 6) is 1.55. The number of nitrogens with one attached hydrogen (secondary N) is 1. The molecule has 0 unspecified atom stereocenters. The normalized spacial score (nSPS) is 17.2. The van der Waals surface area contributed by atoms with E-state index >= 15 is 0 Å². The second-order valence-corrected chi connectivity index (χ2v) is 4.27. The lowest BCUT2D eigenvalue weighted by Crippen LogP contribution is -2.41. The van der Waals surface area contributed by atoms with Gasteiger partial charge in [-0.05, 0) is 28.1 Å². The van der Waals surface area contributed by atoms with Crippen LogP contribution in [0.3, 0.4) is 0 Å². The Labute approximate surface area is 89.5 Å². The van der Waals surface area contributed by atoms with Gasteiger partial charge >= 0.3 is 0 Å². The average Bonchev–Trinajstić information content (AvgIpc) is 2.47. The predicted octanol–water partition coefficient (Wildman–Crippen LogP) is 1.18. The van der Waals surface area contributed by atoms with Crippen molar-refractivity contribution in [3.8, 4) is 0 Å². The lowest BCUT2D eigenvalue weighted by Gasteiger charge is -2.25. The molecule has 14 heavy (non-hydrogen) atoms. The quantitative estimate of drug-likeness (QED) is 0.776. The van der Waals surface area contributed by atoms with Crippen LogP contribution in [-0.4, -0.2) is 27.7 Å². The molecule has 0 spiro atoms. The van der Waals surface area contributed by atoms with Gasteiger partial charge in [0, 0.05) is 19.0 Å². The molecule has 1 saturated heterocycles. The van der Waals surface area contributed by atoms with Crippen LogP contribution in [0.1, 0.15) is 11.7 Å². The summed E-state index contributed by atoms with van der Waals surface area (Å²) < 4.78 is 3.08. The second kappa shape index (κ2) is 3.03. The molecule has 72 valence electrons. The molecule has 0 aliphatic carbocycles. The Kier molecular flexibility index (Phi) is 1.81. The van der Waals surface area contributed by atoms with Gasteiger partial charge in [-0.25, -0.2) is 0 Å². The third-order valence-corrected chi connectivity index (χ3v) is 3.17. The van der Waals surface area contributed by atoms with E-state index in [1.165, 1.54) is 0 Å². The largest absolute Gasteiger partial charge is 0.315 e. The first-order chi connectivity index (χ1) is 6.86. The fraction of sp³-hybridized carbons (Fsp3) is 0.333. The Bertz CT molecular complexity index is 475. The van der Waals surface area contributed by atoms with Crippen LogP contribution in [0.15, 0.2) is 22.8 Å². The van der Waals surface area contributed by atoms with Crippen LogP contribution in [0.2, 0.25) is 0 Å². The summed E-state index contributed by atoms with van der Waals surface area (Å²) in [7, 11) is 0. The summed E-state index contributed by atoms with van der Waals surface area (Å²) >= 11 is 3.51. The van der Waals surface area contributed by atoms with Gasteiger partial charge in [0.1, 0.15) is 5.82 Å². The van der Waals surface area contributed by atoms with Crippen LogP contribution >= 0.6 is 15.9 Å². The number of rotatable bonds is 1. The zero-order valence-electron chi connectivity index (χ0n) is 7.44. The summed E-state index contributed by atoms with van der Waals surface area (Å²) in [6.45, 7) is 2.00. The van der Waals surface area contributed by atoms with Gasteiger partial charge in [0.05, 0.1) is 4.60 Å². The Morgan fingerprint density at radius 3 is 2.93 bits per heavy atom. The molecule has 4 nitrogen and oxygen atoms in total. The summed E-state index contributed by atoms with van der Waals surface area (Å²) in [4.78, 5) is 0. The summed E-state index contributed by atoms with van der Waals surface area (Å²) in [5.41, 5.74) is 0.904. The number of fused-ring (bicyclic) bond motifs is 1. The van der Waals surface area contributed by atoms with Crippen molar-refractivity contribution in [1.29, 1.82) is 0 Å². The van der Waals surface area contributed by atoms with Crippen molar-refractivity contribution < 1.29 is 0 Å². The van der Waals surface area contributed by atoms with Crippen molar-refractivity contribution >= 4 is 21.6 Å². The molecule has 0 bridgehead atoms. The number of nitrogens with zero attached hydrogens (tertiary/aromatic N) is 3. The Balaban J connectivity index is 2.23. The lowest BCUT2D eigenvalue weighted by molar-refractivity contribution is 0.427. The molecule has 1 aliphatic heterocycles. The summed E-state index contributed by atoms with van der Waals surface area (Å²) in [6.07, 6.45) is 0. The highest BCUT2D eigenvalue weighted by atomic mass is 79.9. The first-order valence-corrected chi connectivity index (χ1v) is 5.36. The first kappa shape index (κ1) is 8.38. The standard InChI is InChI=1S/C9H9BrN4/c10-7-2-1-3-8-12-13-9(14(7)8)6-4-11-5-6/h1-3,6,11H,4-5H2. The minimum Gasteiger partial charge on any atom is -0.315 e. The van der Waals surface area contributed by atoms with Crippen molar-refractivity contribution in [3.63, 3.8) is 0 Å². The van der Waals surface area contributed by atoms with Gasteiger partial charge in [-0.3, -0.25) is 4.40 Å². The van der Waals surface area contributed by atoms with E-state index in [2.05, 4.69) is 35.8 Å². The zero-order valence-corrected chi connectivity index (χ0v) is 9.03. The molecule has 0 aromatic carbocycles. The number of hydrogen-bond donors (Lipinski definition) is 1. The van der Waals surface area contributed by atoms with Crippen molar-refractivity contribution in [2.24, 2.45) is 0 Å². The average molecular weight is 253 g/mol. The van der Waals surface area contributed by atoms with Crippen LogP contribution in [-0.2, 0) is 0 Å². The van der Waals surface area contributed by atoms with E-state index in [9.17, 15) is 0 Å². The van der Waals surface area contributed by atoms with Crippen molar-refractivity contribution in [3.05, 3.63) is 28.6 Å². The maximum absolute atomic E-state index is 4.22. The summed E-state index contributed by atoms with van der Waals surface area (Å²) in [5, 5.41) is 11.6. The second-order valence-electron chi connectivity index (χ2n) is 3.46. The van der Waals surface area contributed by atoms with Gasteiger partial charge in [-0.15, -0.1) is 10.2 Å². The molecule has 0 radical (unpaired) electrons. The number of pyridine rings is 1. The number of aromatic nitrogens is 3. The molecule has 0 amide bonds. The van der Waals surface area contributed by atoms with E-state index in [-0.39, 0.29) is 0 Å². The molecule has 1 aliphatic rings. The molecule has 0 atom stereocenters. The fourth-order valence-electron chi connectivity index (χ4n) is 1.66. The minimum absolute atomic E-state index is 0.503. The van der Waals surface area contributed by atoms with Gasteiger partial charge in [0.25, 0.3) is 0 Å². The Morgan fingerprint density at radius 2 is 2.21 bits per heavy atom. The monoisotopic (exact) mass is 252 g/mol. The lowest BCUT2D eigenvalue weighted by atomic mass is 10.0. The fourth-order valence-corrected chi connectivity index (χ4v) is 2.18. The molecular formula is C9H9BrN4. The number of halogens is 1. The minimum atomic E-state index is 0.503. The first-order valence-electron chi connectivity index (χ1n) is 4.56. The molecule has 1 N–H and O–H groups in total. The van der Waals surface area contributed by atoms with E-state index < -0.39 is 0 Å².